The van der Waals surface area contributed by atoms with Crippen molar-refractivity contribution in [2.24, 2.45) is 23.7 Å². The maximum atomic E-state index is 12.6. The Morgan fingerprint density at radius 1 is 0.567 bits per heavy atom. The van der Waals surface area contributed by atoms with Crippen LogP contribution in [0.2, 0.25) is 37.8 Å². The molecule has 0 heterocycles. The summed E-state index contributed by atoms with van der Waals surface area (Å²) in [6, 6.07) is 2.41. The van der Waals surface area contributed by atoms with E-state index in [9.17, 15) is 15.0 Å². The summed E-state index contributed by atoms with van der Waals surface area (Å²) in [5.74, 6) is 1.85. The predicted octanol–water partition coefficient (Wildman–Crippen LogP) is 11.3. The summed E-state index contributed by atoms with van der Waals surface area (Å²) in [7, 11) is -7.70. The predicted molar refractivity (Wildman–Crippen MR) is 266 cm³/mol. The SMILES string of the molecule is CCCCCCCC(=O)SCCC[Si@](C)(OCC(C)CO[Si](C)(CCCS)OCC(C)CO)OCC(C)CO[Si](C)(CCCOC(=S)CCCCCCC)OCC(C)CO. The summed E-state index contributed by atoms with van der Waals surface area (Å²) in [6.07, 6.45) is 15.8. The smallest absolute Gasteiger partial charge is 0.335 e. The second-order valence-corrected chi connectivity index (χ2v) is 29.9. The summed E-state index contributed by atoms with van der Waals surface area (Å²) in [4.78, 5) is 12.6. The third kappa shape index (κ3) is 34.0. The van der Waals surface area contributed by atoms with Crippen molar-refractivity contribution in [3.63, 3.8) is 0 Å². The molecule has 0 radical (unpaired) electrons. The zero-order chi connectivity index (χ0) is 45.1. The molecule has 2 N–H and O–H groups in total. The lowest BCUT2D eigenvalue weighted by atomic mass is 10.1. The Bertz CT molecular complexity index is 1060. The highest BCUT2D eigenvalue weighted by Crippen LogP contribution is 2.25. The fraction of sp³-hybridized carbons (Fsp3) is 0.955. The molecule has 0 rings (SSSR count). The third-order valence-electron chi connectivity index (χ3n) is 10.5. The minimum atomic E-state index is -2.65. The number of thiol groups is 1. The zero-order valence-electron chi connectivity index (χ0n) is 39.7. The van der Waals surface area contributed by atoms with Gasteiger partial charge in [0.2, 0.25) is 0 Å². The standard InChI is InChI=1S/C44H92O10S3Si3/c1-10-12-14-16-18-23-43(47)57-27-22-30-60(9,54-38-42(6)36-52-59(8,29-21-26-55)50-34-40(4)32-46)53-37-41(5)35-51-58(7,49-33-39(3)31-45)28-20-25-48-44(56)24-19-17-15-13-11-2/h39-42,45-46,55H,10-38H2,1-9H3/t39?,40?,41?,42?,58?,59?,60-/m0/s1. The van der Waals surface area contributed by atoms with Crippen LogP contribution < -0.4 is 0 Å². The van der Waals surface area contributed by atoms with Crippen LogP contribution in [0.3, 0.4) is 0 Å². The number of thiocarbonyl (C=S) groups is 1. The van der Waals surface area contributed by atoms with Gasteiger partial charge in [0.15, 0.2) is 10.2 Å². The van der Waals surface area contributed by atoms with Crippen LogP contribution >= 0.6 is 36.6 Å². The van der Waals surface area contributed by atoms with Crippen molar-refractivity contribution in [1.29, 1.82) is 0 Å². The molecular formula is C44H92O10S3Si3. The van der Waals surface area contributed by atoms with E-state index in [4.69, 9.17) is 43.5 Å². The Labute approximate surface area is 386 Å². The molecule has 0 aliphatic carbocycles. The number of carbonyl (C=O) groups is 1. The molecule has 16 heteroatoms. The highest BCUT2D eigenvalue weighted by atomic mass is 32.2. The minimum Gasteiger partial charge on any atom is -0.487 e. The summed E-state index contributed by atoms with van der Waals surface area (Å²) >= 11 is 11.4. The molecule has 0 aromatic heterocycles. The molecule has 6 unspecified atom stereocenters. The van der Waals surface area contributed by atoms with E-state index in [0.29, 0.717) is 57.7 Å². The summed E-state index contributed by atoms with van der Waals surface area (Å²) in [5.41, 5.74) is 0. The van der Waals surface area contributed by atoms with E-state index in [1.165, 1.54) is 56.7 Å². The lowest BCUT2D eigenvalue weighted by Crippen LogP contribution is -2.44. The largest absolute Gasteiger partial charge is 0.487 e. The fourth-order valence-corrected chi connectivity index (χ4v) is 15.2. The Kier molecular flexibility index (Phi) is 38.1. The van der Waals surface area contributed by atoms with Crippen LogP contribution in [-0.4, -0.2) is 117 Å². The van der Waals surface area contributed by atoms with Gasteiger partial charge >= 0.3 is 25.7 Å². The van der Waals surface area contributed by atoms with Crippen LogP contribution in [0.1, 0.15) is 138 Å². The number of ether oxygens (including phenoxy) is 1. The van der Waals surface area contributed by atoms with Crippen molar-refractivity contribution < 1.29 is 46.3 Å². The van der Waals surface area contributed by atoms with Gasteiger partial charge in [0.25, 0.3) is 0 Å². The molecule has 0 spiro atoms. The van der Waals surface area contributed by atoms with Crippen LogP contribution in [0.5, 0.6) is 0 Å². The number of aliphatic hydroxyl groups excluding tert-OH is 2. The second-order valence-electron chi connectivity index (χ2n) is 17.9. The van der Waals surface area contributed by atoms with Gasteiger partial charge in [0.1, 0.15) is 0 Å². The van der Waals surface area contributed by atoms with Crippen LogP contribution in [0.15, 0.2) is 0 Å². The molecule has 0 aromatic carbocycles. The molecule has 0 amide bonds. The van der Waals surface area contributed by atoms with E-state index in [1.54, 1.807) is 0 Å². The molecule has 60 heavy (non-hydrogen) atoms. The maximum Gasteiger partial charge on any atom is 0.335 e. The average Bonchev–Trinajstić information content (AvgIpc) is 3.24. The highest BCUT2D eigenvalue weighted by molar-refractivity contribution is 8.13. The van der Waals surface area contributed by atoms with E-state index in [1.807, 2.05) is 13.8 Å². The third-order valence-corrected chi connectivity index (χ3v) is 20.6. The number of carbonyl (C=O) groups excluding carboxylic acids is 1. The molecule has 0 saturated heterocycles. The van der Waals surface area contributed by atoms with Crippen molar-refractivity contribution in [3.8, 4) is 0 Å². The van der Waals surface area contributed by atoms with Crippen molar-refractivity contribution in [2.75, 3.05) is 71.0 Å². The molecule has 10 nitrogen and oxygen atoms in total. The van der Waals surface area contributed by atoms with Gasteiger partial charge < -0.3 is 41.5 Å². The summed E-state index contributed by atoms with van der Waals surface area (Å²) in [6.45, 7) is 22.7. The van der Waals surface area contributed by atoms with Gasteiger partial charge in [-0.05, 0) is 87.8 Å². The first kappa shape index (κ1) is 60.6. The number of aliphatic hydroxyl groups is 2. The van der Waals surface area contributed by atoms with Gasteiger partial charge in [0.05, 0.1) is 6.61 Å². The first-order valence-electron chi connectivity index (χ1n) is 23.6. The number of rotatable bonds is 43. The molecular weight excluding hydrogens is 869 g/mol. The van der Waals surface area contributed by atoms with E-state index >= 15 is 0 Å². The Balaban J connectivity index is 5.45. The van der Waals surface area contributed by atoms with Crippen LogP contribution in [-0.2, 0) is 36.1 Å². The van der Waals surface area contributed by atoms with Crippen molar-refractivity contribution >= 4 is 72.5 Å². The minimum absolute atomic E-state index is 0.0280. The quantitative estimate of drug-likeness (QED) is 0.0233. The fourth-order valence-electron chi connectivity index (χ4n) is 6.12. The molecule has 0 fully saturated rings. The van der Waals surface area contributed by atoms with Gasteiger partial charge in [-0.25, -0.2) is 0 Å². The number of unbranched alkanes of at least 4 members (excludes halogenated alkanes) is 8. The monoisotopic (exact) mass is 961 g/mol. The highest BCUT2D eigenvalue weighted by Gasteiger charge is 2.36. The molecule has 0 aliphatic rings. The lowest BCUT2D eigenvalue weighted by molar-refractivity contribution is -0.111. The second kappa shape index (κ2) is 37.8. The molecule has 0 saturated carbocycles. The first-order valence-corrected chi connectivity index (χ1v) is 33.2. The van der Waals surface area contributed by atoms with Gasteiger partial charge in [-0.2, -0.15) is 12.6 Å². The maximum absolute atomic E-state index is 12.6. The summed E-state index contributed by atoms with van der Waals surface area (Å²) in [5, 5.41) is 20.2. The molecule has 0 aromatic rings. The van der Waals surface area contributed by atoms with E-state index < -0.39 is 25.7 Å². The van der Waals surface area contributed by atoms with Crippen molar-refractivity contribution in [3.05, 3.63) is 0 Å². The zero-order valence-corrected chi connectivity index (χ0v) is 45.3. The first-order chi connectivity index (χ1) is 28.6. The molecule has 358 valence electrons. The van der Waals surface area contributed by atoms with E-state index in [2.05, 4.69) is 60.0 Å². The normalized spacial score (nSPS) is 17.0. The summed E-state index contributed by atoms with van der Waals surface area (Å²) < 4.78 is 45.3. The van der Waals surface area contributed by atoms with Crippen LogP contribution in [0.4, 0.5) is 0 Å². The van der Waals surface area contributed by atoms with Crippen LogP contribution in [0.25, 0.3) is 0 Å². The Hall–Kier alpha value is 0.591. The van der Waals surface area contributed by atoms with Gasteiger partial charge in [0, 0.05) is 95.1 Å². The number of hydrogen-bond donors (Lipinski definition) is 3. The number of hydrogen-bond acceptors (Lipinski definition) is 13. The average molecular weight is 962 g/mol. The molecule has 0 aliphatic heterocycles. The van der Waals surface area contributed by atoms with Gasteiger partial charge in [-0.1, -0.05) is 105 Å². The van der Waals surface area contributed by atoms with E-state index in [-0.39, 0.29) is 42.0 Å². The molecule has 7 atom stereocenters. The molecule has 0 bridgehead atoms. The Morgan fingerprint density at radius 3 is 1.37 bits per heavy atom. The lowest BCUT2D eigenvalue weighted by Gasteiger charge is -2.33. The number of thioether (sulfide) groups is 1. The topological polar surface area (TPSA) is 122 Å². The van der Waals surface area contributed by atoms with Crippen LogP contribution in [0, 0.1) is 23.7 Å². The van der Waals surface area contributed by atoms with Crippen molar-refractivity contribution in [1.82, 2.24) is 0 Å². The van der Waals surface area contributed by atoms with Crippen molar-refractivity contribution in [2.45, 2.75) is 176 Å². The van der Waals surface area contributed by atoms with E-state index in [0.717, 1.165) is 74.6 Å². The van der Waals surface area contributed by atoms with Gasteiger partial charge in [-0.15, -0.1) is 0 Å². The Morgan fingerprint density at radius 2 is 0.950 bits per heavy atom. The van der Waals surface area contributed by atoms with Gasteiger partial charge in [-0.3, -0.25) is 4.79 Å².